The van der Waals surface area contributed by atoms with E-state index in [0.717, 1.165) is 6.42 Å². The van der Waals surface area contributed by atoms with E-state index in [4.69, 9.17) is 5.11 Å². The van der Waals surface area contributed by atoms with Crippen LogP contribution in [0.1, 0.15) is 19.8 Å². The summed E-state index contributed by atoms with van der Waals surface area (Å²) in [6.45, 7) is 2.62. The molecule has 1 fully saturated rings. The summed E-state index contributed by atoms with van der Waals surface area (Å²) in [6.07, 6.45) is 0.833. The maximum Gasteiger partial charge on any atom is 0.239 e. The highest BCUT2D eigenvalue weighted by Gasteiger charge is 2.21. The number of nitrogens with one attached hydrogen (secondary N) is 1. The summed E-state index contributed by atoms with van der Waals surface area (Å²) in [5.41, 5.74) is 0. The standard InChI is InChI=1S/C9H16N2O3/c1-7(12)5-10-8(13)6-11-4-2-3-9(11)14/h7,12H,2-6H2,1H3,(H,10,13). The van der Waals surface area contributed by atoms with Crippen LogP contribution in [-0.2, 0) is 9.59 Å². The Balaban J connectivity index is 2.23. The summed E-state index contributed by atoms with van der Waals surface area (Å²) in [7, 11) is 0. The minimum Gasteiger partial charge on any atom is -0.392 e. The van der Waals surface area contributed by atoms with Gasteiger partial charge in [0.05, 0.1) is 12.6 Å². The summed E-state index contributed by atoms with van der Waals surface area (Å²) in [6, 6.07) is 0. The van der Waals surface area contributed by atoms with Crippen LogP contribution in [0.2, 0.25) is 0 Å². The van der Waals surface area contributed by atoms with E-state index in [1.165, 1.54) is 4.90 Å². The molecule has 0 aromatic carbocycles. The first-order valence-corrected chi connectivity index (χ1v) is 4.82. The molecule has 1 unspecified atom stereocenters. The average Bonchev–Trinajstić information content (AvgIpc) is 2.49. The molecule has 0 bridgehead atoms. The molecule has 0 aromatic rings. The van der Waals surface area contributed by atoms with Gasteiger partial charge in [-0.2, -0.15) is 0 Å². The molecule has 5 nitrogen and oxygen atoms in total. The van der Waals surface area contributed by atoms with Crippen LogP contribution < -0.4 is 5.32 Å². The van der Waals surface area contributed by atoms with Crippen molar-refractivity contribution in [3.63, 3.8) is 0 Å². The summed E-state index contributed by atoms with van der Waals surface area (Å²) >= 11 is 0. The van der Waals surface area contributed by atoms with E-state index < -0.39 is 6.10 Å². The number of aliphatic hydroxyl groups is 1. The molecule has 1 heterocycles. The highest BCUT2D eigenvalue weighted by Crippen LogP contribution is 2.08. The molecule has 14 heavy (non-hydrogen) atoms. The Hall–Kier alpha value is -1.10. The van der Waals surface area contributed by atoms with E-state index in [1.807, 2.05) is 0 Å². The van der Waals surface area contributed by atoms with Crippen molar-refractivity contribution in [3.8, 4) is 0 Å². The number of rotatable bonds is 4. The fraction of sp³-hybridized carbons (Fsp3) is 0.778. The second-order valence-corrected chi connectivity index (χ2v) is 3.57. The minimum absolute atomic E-state index is 0.0391. The van der Waals surface area contributed by atoms with Gasteiger partial charge in [0.15, 0.2) is 0 Å². The number of carbonyl (C=O) groups excluding carboxylic acids is 2. The van der Waals surface area contributed by atoms with Gasteiger partial charge in [0.1, 0.15) is 0 Å². The molecular formula is C9H16N2O3. The number of aliphatic hydroxyl groups excluding tert-OH is 1. The summed E-state index contributed by atoms with van der Waals surface area (Å²) in [5, 5.41) is 11.5. The molecule has 1 saturated heterocycles. The molecule has 80 valence electrons. The zero-order chi connectivity index (χ0) is 10.6. The third-order valence-electron chi connectivity index (χ3n) is 2.10. The third-order valence-corrected chi connectivity index (χ3v) is 2.10. The van der Waals surface area contributed by atoms with Crippen LogP contribution in [0.3, 0.4) is 0 Å². The number of amides is 2. The predicted octanol–water partition coefficient (Wildman–Crippen LogP) is -0.894. The number of carbonyl (C=O) groups is 2. The SMILES string of the molecule is CC(O)CNC(=O)CN1CCCC1=O. The Bertz CT molecular complexity index is 228. The van der Waals surface area contributed by atoms with Gasteiger partial charge in [0, 0.05) is 19.5 Å². The first-order valence-electron chi connectivity index (χ1n) is 4.82. The zero-order valence-electron chi connectivity index (χ0n) is 8.32. The van der Waals surface area contributed by atoms with Crippen LogP contribution in [0.5, 0.6) is 0 Å². The van der Waals surface area contributed by atoms with Crippen LogP contribution >= 0.6 is 0 Å². The van der Waals surface area contributed by atoms with Crippen molar-refractivity contribution in [2.45, 2.75) is 25.9 Å². The van der Waals surface area contributed by atoms with Gasteiger partial charge in [0.25, 0.3) is 0 Å². The second kappa shape index (κ2) is 4.95. The summed E-state index contributed by atoms with van der Waals surface area (Å²) < 4.78 is 0. The van der Waals surface area contributed by atoms with Gasteiger partial charge < -0.3 is 15.3 Å². The lowest BCUT2D eigenvalue weighted by molar-refractivity contribution is -0.133. The summed E-state index contributed by atoms with van der Waals surface area (Å²) in [4.78, 5) is 23.9. The fourth-order valence-corrected chi connectivity index (χ4v) is 1.36. The number of likely N-dealkylation sites (tertiary alicyclic amines) is 1. The Morgan fingerprint density at radius 1 is 1.71 bits per heavy atom. The van der Waals surface area contributed by atoms with Gasteiger partial charge in [-0.05, 0) is 13.3 Å². The van der Waals surface area contributed by atoms with Gasteiger partial charge >= 0.3 is 0 Å². The quantitative estimate of drug-likeness (QED) is 0.618. The molecule has 0 spiro atoms. The lowest BCUT2D eigenvalue weighted by Crippen LogP contribution is -2.40. The maximum absolute atomic E-state index is 11.2. The number of nitrogens with zero attached hydrogens (tertiary/aromatic N) is 1. The fourth-order valence-electron chi connectivity index (χ4n) is 1.36. The average molecular weight is 200 g/mol. The van der Waals surface area contributed by atoms with Crippen LogP contribution in [0.25, 0.3) is 0 Å². The van der Waals surface area contributed by atoms with Crippen molar-refractivity contribution in [1.82, 2.24) is 10.2 Å². The van der Waals surface area contributed by atoms with E-state index >= 15 is 0 Å². The monoisotopic (exact) mass is 200 g/mol. The van der Waals surface area contributed by atoms with Crippen LogP contribution in [-0.4, -0.2) is 47.6 Å². The van der Waals surface area contributed by atoms with E-state index in [9.17, 15) is 9.59 Å². The molecule has 5 heteroatoms. The first-order chi connectivity index (χ1) is 6.59. The number of hydrogen-bond donors (Lipinski definition) is 2. The van der Waals surface area contributed by atoms with Crippen molar-refractivity contribution in [2.75, 3.05) is 19.6 Å². The van der Waals surface area contributed by atoms with E-state index in [0.29, 0.717) is 13.0 Å². The first kappa shape index (κ1) is 11.0. The van der Waals surface area contributed by atoms with Gasteiger partial charge in [-0.15, -0.1) is 0 Å². The summed E-state index contributed by atoms with van der Waals surface area (Å²) in [5.74, 6) is -0.168. The normalized spacial score (nSPS) is 18.4. The molecule has 1 atom stereocenters. The molecule has 1 rings (SSSR count). The van der Waals surface area contributed by atoms with Crippen LogP contribution in [0.4, 0.5) is 0 Å². The molecule has 0 saturated carbocycles. The maximum atomic E-state index is 11.2. The Morgan fingerprint density at radius 2 is 2.43 bits per heavy atom. The molecule has 0 aromatic heterocycles. The van der Waals surface area contributed by atoms with Crippen molar-refractivity contribution < 1.29 is 14.7 Å². The topological polar surface area (TPSA) is 69.6 Å². The van der Waals surface area contributed by atoms with Crippen molar-refractivity contribution in [3.05, 3.63) is 0 Å². The smallest absolute Gasteiger partial charge is 0.239 e. The van der Waals surface area contributed by atoms with E-state index in [1.54, 1.807) is 6.92 Å². The van der Waals surface area contributed by atoms with Crippen LogP contribution in [0, 0.1) is 0 Å². The molecule has 0 aliphatic carbocycles. The molecule has 1 aliphatic rings. The second-order valence-electron chi connectivity index (χ2n) is 3.57. The van der Waals surface area contributed by atoms with Gasteiger partial charge in [-0.1, -0.05) is 0 Å². The van der Waals surface area contributed by atoms with Crippen molar-refractivity contribution in [1.29, 1.82) is 0 Å². The van der Waals surface area contributed by atoms with Crippen LogP contribution in [0.15, 0.2) is 0 Å². The molecule has 1 aliphatic heterocycles. The number of hydrogen-bond acceptors (Lipinski definition) is 3. The molecule has 2 amide bonds. The Kier molecular flexibility index (Phi) is 3.88. The van der Waals surface area contributed by atoms with Crippen molar-refractivity contribution >= 4 is 11.8 Å². The lowest BCUT2D eigenvalue weighted by atomic mass is 10.4. The third kappa shape index (κ3) is 3.33. The van der Waals surface area contributed by atoms with Gasteiger partial charge in [-0.25, -0.2) is 0 Å². The zero-order valence-corrected chi connectivity index (χ0v) is 8.32. The minimum atomic E-state index is -0.548. The van der Waals surface area contributed by atoms with Gasteiger partial charge in [0.2, 0.25) is 11.8 Å². The largest absolute Gasteiger partial charge is 0.392 e. The Labute approximate surface area is 83.1 Å². The van der Waals surface area contributed by atoms with E-state index in [-0.39, 0.29) is 24.9 Å². The lowest BCUT2D eigenvalue weighted by Gasteiger charge is -2.15. The highest BCUT2D eigenvalue weighted by molar-refractivity contribution is 5.85. The van der Waals surface area contributed by atoms with Gasteiger partial charge in [-0.3, -0.25) is 9.59 Å². The molecule has 0 radical (unpaired) electrons. The molecular weight excluding hydrogens is 184 g/mol. The van der Waals surface area contributed by atoms with E-state index in [2.05, 4.69) is 5.32 Å². The Morgan fingerprint density at radius 3 is 2.93 bits per heavy atom. The highest BCUT2D eigenvalue weighted by atomic mass is 16.3. The molecule has 2 N–H and O–H groups in total. The predicted molar refractivity (Wildman–Crippen MR) is 50.5 cm³/mol. The van der Waals surface area contributed by atoms with Crippen molar-refractivity contribution in [2.24, 2.45) is 0 Å².